The summed E-state index contributed by atoms with van der Waals surface area (Å²) in [5.41, 5.74) is 1.37. The molecule has 3 amide bonds. The molecule has 5 nitrogen and oxygen atoms in total. The molecule has 132 valence electrons. The molecule has 1 heterocycles. The highest BCUT2D eigenvalue weighted by Gasteiger charge is 2.15. The van der Waals surface area contributed by atoms with E-state index >= 15 is 0 Å². The van der Waals surface area contributed by atoms with Crippen LogP contribution in [-0.2, 0) is 4.79 Å². The number of benzene rings is 1. The van der Waals surface area contributed by atoms with E-state index in [9.17, 15) is 9.59 Å². The van der Waals surface area contributed by atoms with Gasteiger partial charge in [-0.2, -0.15) is 0 Å². The van der Waals surface area contributed by atoms with Crippen molar-refractivity contribution in [1.29, 1.82) is 0 Å². The van der Waals surface area contributed by atoms with E-state index in [0.717, 1.165) is 18.1 Å². The maximum Gasteiger partial charge on any atom is 0.319 e. The standard InChI is InChI=1S/C17H25N3O2S2/c1-2-18-17(22)20-14-7-5-6-13(12-14)19-16(21)9-4-3-8-15-10-11-23-24-15/h5-7,12,15H,2-4,8-11H2,1H3,(H,19,21)(H2,18,20,22). The van der Waals surface area contributed by atoms with Gasteiger partial charge in [0, 0.05) is 35.3 Å². The molecule has 0 spiro atoms. The van der Waals surface area contributed by atoms with E-state index in [0.29, 0.717) is 24.3 Å². The Morgan fingerprint density at radius 2 is 2.00 bits per heavy atom. The Kier molecular flexibility index (Phi) is 8.32. The summed E-state index contributed by atoms with van der Waals surface area (Å²) in [7, 11) is 3.95. The highest BCUT2D eigenvalue weighted by Crippen LogP contribution is 2.39. The SMILES string of the molecule is CCNC(=O)Nc1cccc(NC(=O)CCCCC2CCSS2)c1. The third kappa shape index (κ3) is 7.05. The topological polar surface area (TPSA) is 70.2 Å². The molecule has 24 heavy (non-hydrogen) atoms. The number of urea groups is 1. The van der Waals surface area contributed by atoms with Crippen molar-refractivity contribution in [3.8, 4) is 0 Å². The summed E-state index contributed by atoms with van der Waals surface area (Å²) < 4.78 is 0. The first-order valence-electron chi connectivity index (χ1n) is 8.40. The molecule has 1 atom stereocenters. The Labute approximate surface area is 151 Å². The van der Waals surface area contributed by atoms with Crippen LogP contribution in [0.15, 0.2) is 24.3 Å². The second-order valence-corrected chi connectivity index (χ2v) is 8.48. The molecule has 2 rings (SSSR count). The maximum atomic E-state index is 12.0. The number of hydrogen-bond donors (Lipinski definition) is 3. The van der Waals surface area contributed by atoms with Gasteiger partial charge in [0.25, 0.3) is 0 Å². The lowest BCUT2D eigenvalue weighted by atomic mass is 10.1. The van der Waals surface area contributed by atoms with E-state index in [-0.39, 0.29) is 11.9 Å². The van der Waals surface area contributed by atoms with Crippen molar-refractivity contribution in [2.75, 3.05) is 22.9 Å². The monoisotopic (exact) mass is 367 g/mol. The third-order valence-electron chi connectivity index (χ3n) is 3.65. The zero-order chi connectivity index (χ0) is 17.2. The average Bonchev–Trinajstić information content (AvgIpc) is 3.05. The van der Waals surface area contributed by atoms with E-state index in [2.05, 4.69) is 16.0 Å². The van der Waals surface area contributed by atoms with Crippen LogP contribution in [0.1, 0.15) is 39.0 Å². The van der Waals surface area contributed by atoms with E-state index < -0.39 is 0 Å². The summed E-state index contributed by atoms with van der Waals surface area (Å²) in [6.45, 7) is 2.43. The summed E-state index contributed by atoms with van der Waals surface area (Å²) >= 11 is 0. The zero-order valence-corrected chi connectivity index (χ0v) is 15.6. The van der Waals surface area contributed by atoms with Gasteiger partial charge in [-0.3, -0.25) is 4.79 Å². The molecule has 0 bridgehead atoms. The Bertz CT molecular complexity index is 548. The quantitative estimate of drug-likeness (QED) is 0.468. The van der Waals surface area contributed by atoms with Crippen molar-refractivity contribution in [2.24, 2.45) is 0 Å². The van der Waals surface area contributed by atoms with Gasteiger partial charge in [-0.05, 0) is 44.4 Å². The summed E-state index contributed by atoms with van der Waals surface area (Å²) in [6.07, 6.45) is 5.07. The number of nitrogens with one attached hydrogen (secondary N) is 3. The molecule has 0 aliphatic carbocycles. The highest BCUT2D eigenvalue weighted by molar-refractivity contribution is 8.77. The average molecular weight is 368 g/mol. The first-order valence-corrected chi connectivity index (χ1v) is 10.8. The smallest absolute Gasteiger partial charge is 0.319 e. The van der Waals surface area contributed by atoms with Crippen LogP contribution in [0.25, 0.3) is 0 Å². The van der Waals surface area contributed by atoms with Gasteiger partial charge in [0.05, 0.1) is 0 Å². The normalized spacial score (nSPS) is 16.6. The molecule has 0 radical (unpaired) electrons. The van der Waals surface area contributed by atoms with Gasteiger partial charge in [0.2, 0.25) is 5.91 Å². The van der Waals surface area contributed by atoms with Crippen molar-refractivity contribution >= 4 is 44.9 Å². The molecule has 1 fully saturated rings. The Balaban J connectivity index is 1.69. The molecule has 7 heteroatoms. The van der Waals surface area contributed by atoms with E-state index in [1.165, 1.54) is 18.6 Å². The molecule has 1 aliphatic rings. The lowest BCUT2D eigenvalue weighted by Gasteiger charge is -2.10. The summed E-state index contributed by atoms with van der Waals surface area (Å²) in [4.78, 5) is 23.5. The molecule has 1 aromatic rings. The number of carbonyl (C=O) groups excluding carboxylic acids is 2. The molecule has 1 unspecified atom stereocenters. The van der Waals surface area contributed by atoms with Gasteiger partial charge < -0.3 is 16.0 Å². The number of hydrogen-bond acceptors (Lipinski definition) is 4. The third-order valence-corrected chi connectivity index (χ3v) is 6.66. The van der Waals surface area contributed by atoms with Crippen LogP contribution in [0, 0.1) is 0 Å². The van der Waals surface area contributed by atoms with Gasteiger partial charge in [0.15, 0.2) is 0 Å². The van der Waals surface area contributed by atoms with Crippen LogP contribution in [0.4, 0.5) is 16.2 Å². The summed E-state index contributed by atoms with van der Waals surface area (Å²) in [5.74, 6) is 1.29. The predicted octanol–water partition coefficient (Wildman–Crippen LogP) is 4.48. The van der Waals surface area contributed by atoms with Crippen LogP contribution in [0.5, 0.6) is 0 Å². The molecule has 0 saturated carbocycles. The van der Waals surface area contributed by atoms with Gasteiger partial charge in [-0.25, -0.2) is 4.79 Å². The number of carbonyl (C=O) groups is 2. The first kappa shape index (κ1) is 19.0. The molecule has 1 aromatic carbocycles. The number of amides is 3. The largest absolute Gasteiger partial charge is 0.338 e. The predicted molar refractivity (Wildman–Crippen MR) is 105 cm³/mol. The van der Waals surface area contributed by atoms with Gasteiger partial charge >= 0.3 is 6.03 Å². The Morgan fingerprint density at radius 1 is 1.21 bits per heavy atom. The minimum Gasteiger partial charge on any atom is -0.338 e. The number of unbranched alkanes of at least 4 members (excludes halogenated alkanes) is 1. The first-order chi connectivity index (χ1) is 11.7. The summed E-state index contributed by atoms with van der Waals surface area (Å²) in [5, 5.41) is 9.07. The van der Waals surface area contributed by atoms with Crippen molar-refractivity contribution in [1.82, 2.24) is 5.32 Å². The number of rotatable bonds is 8. The second kappa shape index (κ2) is 10.5. The maximum absolute atomic E-state index is 12.0. The van der Waals surface area contributed by atoms with E-state index in [1.807, 2.05) is 40.6 Å². The molecule has 3 N–H and O–H groups in total. The van der Waals surface area contributed by atoms with Gasteiger partial charge in [-0.15, -0.1) is 0 Å². The number of anilines is 2. The van der Waals surface area contributed by atoms with E-state index in [1.54, 1.807) is 12.1 Å². The molecule has 0 aromatic heterocycles. The van der Waals surface area contributed by atoms with Crippen molar-refractivity contribution < 1.29 is 9.59 Å². The second-order valence-electron chi connectivity index (χ2n) is 5.69. The molecular formula is C17H25N3O2S2. The van der Waals surface area contributed by atoms with E-state index in [4.69, 9.17) is 0 Å². The Morgan fingerprint density at radius 3 is 2.71 bits per heavy atom. The van der Waals surface area contributed by atoms with Crippen molar-refractivity contribution in [3.05, 3.63) is 24.3 Å². The van der Waals surface area contributed by atoms with Crippen LogP contribution >= 0.6 is 21.6 Å². The van der Waals surface area contributed by atoms with Gasteiger partial charge in [0.1, 0.15) is 0 Å². The Hall–Kier alpha value is -1.34. The zero-order valence-electron chi connectivity index (χ0n) is 14.0. The molecular weight excluding hydrogens is 342 g/mol. The highest BCUT2D eigenvalue weighted by atomic mass is 33.1. The molecule has 1 aliphatic heterocycles. The van der Waals surface area contributed by atoms with Crippen LogP contribution in [-0.4, -0.2) is 29.5 Å². The van der Waals surface area contributed by atoms with Crippen molar-refractivity contribution in [2.45, 2.75) is 44.3 Å². The van der Waals surface area contributed by atoms with Gasteiger partial charge in [-0.1, -0.05) is 34.1 Å². The molecule has 1 saturated heterocycles. The fourth-order valence-electron chi connectivity index (χ4n) is 2.46. The minimum absolute atomic E-state index is 0.0265. The fourth-order valence-corrected chi connectivity index (χ4v) is 5.48. The minimum atomic E-state index is -0.246. The van der Waals surface area contributed by atoms with Crippen LogP contribution < -0.4 is 16.0 Å². The lowest BCUT2D eigenvalue weighted by Crippen LogP contribution is -2.28. The van der Waals surface area contributed by atoms with Crippen molar-refractivity contribution in [3.63, 3.8) is 0 Å². The summed E-state index contributed by atoms with van der Waals surface area (Å²) in [6, 6.07) is 6.95. The lowest BCUT2D eigenvalue weighted by molar-refractivity contribution is -0.116. The van der Waals surface area contributed by atoms with Crippen LogP contribution in [0.2, 0.25) is 0 Å². The van der Waals surface area contributed by atoms with Crippen LogP contribution in [0.3, 0.4) is 0 Å². The fraction of sp³-hybridized carbons (Fsp3) is 0.529.